The molecule has 0 heterocycles. The van der Waals surface area contributed by atoms with Crippen LogP contribution in [-0.4, -0.2) is 13.1 Å². The Morgan fingerprint density at radius 3 is 2.62 bits per heavy atom. The summed E-state index contributed by atoms with van der Waals surface area (Å²) in [4.78, 5) is 11.3. The molecular formula is C15H13F2NO3. The van der Waals surface area contributed by atoms with Gasteiger partial charge in [-0.3, -0.25) is 0 Å². The Kier molecular flexibility index (Phi) is 4.37. The molecule has 2 N–H and O–H groups in total. The minimum absolute atomic E-state index is 0.101. The van der Waals surface area contributed by atoms with Gasteiger partial charge in [-0.15, -0.1) is 0 Å². The third kappa shape index (κ3) is 3.47. The summed E-state index contributed by atoms with van der Waals surface area (Å²) in [6.07, 6.45) is 0. The normalized spacial score (nSPS) is 10.2. The number of rotatable bonds is 4. The molecule has 2 rings (SSSR count). The van der Waals surface area contributed by atoms with Crippen molar-refractivity contribution in [1.29, 1.82) is 0 Å². The highest BCUT2D eigenvalue weighted by atomic mass is 19.1. The van der Waals surface area contributed by atoms with Crippen LogP contribution >= 0.6 is 0 Å². The summed E-state index contributed by atoms with van der Waals surface area (Å²) >= 11 is 0. The highest BCUT2D eigenvalue weighted by Crippen LogP contribution is 2.23. The molecule has 0 saturated carbocycles. The predicted octanol–water partition coefficient (Wildman–Crippen LogP) is 2.91. The summed E-state index contributed by atoms with van der Waals surface area (Å²) in [6.45, 7) is -0.138. The van der Waals surface area contributed by atoms with Crippen molar-refractivity contribution < 1.29 is 23.0 Å². The van der Waals surface area contributed by atoms with Crippen molar-refractivity contribution in [3.05, 3.63) is 59.2 Å². The van der Waals surface area contributed by atoms with Gasteiger partial charge in [-0.25, -0.2) is 13.6 Å². The Hall–Kier alpha value is -2.63. The van der Waals surface area contributed by atoms with E-state index >= 15 is 0 Å². The summed E-state index contributed by atoms with van der Waals surface area (Å²) in [6, 6.07) is 7.56. The van der Waals surface area contributed by atoms with Gasteiger partial charge in [-0.1, -0.05) is 6.07 Å². The summed E-state index contributed by atoms with van der Waals surface area (Å²) in [5.41, 5.74) is 6.19. The van der Waals surface area contributed by atoms with Crippen LogP contribution in [0.1, 0.15) is 15.9 Å². The van der Waals surface area contributed by atoms with Gasteiger partial charge in [-0.2, -0.15) is 0 Å². The maximum atomic E-state index is 13.8. The van der Waals surface area contributed by atoms with Crippen LogP contribution in [0.3, 0.4) is 0 Å². The second kappa shape index (κ2) is 6.21. The summed E-state index contributed by atoms with van der Waals surface area (Å²) in [5, 5.41) is 0. The molecule has 0 aromatic heterocycles. The Bertz CT molecular complexity index is 674. The molecule has 6 heteroatoms. The van der Waals surface area contributed by atoms with E-state index in [1.165, 1.54) is 31.4 Å². The lowest BCUT2D eigenvalue weighted by molar-refractivity contribution is 0.0600. The molecule has 4 nitrogen and oxygen atoms in total. The zero-order chi connectivity index (χ0) is 15.4. The molecule has 0 atom stereocenters. The molecule has 0 fully saturated rings. The number of anilines is 1. The summed E-state index contributed by atoms with van der Waals surface area (Å²) < 4.78 is 36.7. The molecule has 0 amide bonds. The molecule has 0 unspecified atom stereocenters. The van der Waals surface area contributed by atoms with Crippen molar-refractivity contribution in [3.63, 3.8) is 0 Å². The van der Waals surface area contributed by atoms with Crippen LogP contribution in [0.15, 0.2) is 36.4 Å². The van der Waals surface area contributed by atoms with E-state index in [9.17, 15) is 13.6 Å². The van der Waals surface area contributed by atoms with E-state index in [0.29, 0.717) is 0 Å². The van der Waals surface area contributed by atoms with E-state index in [2.05, 4.69) is 4.74 Å². The van der Waals surface area contributed by atoms with Gasteiger partial charge in [0.2, 0.25) is 0 Å². The molecule has 0 aliphatic heterocycles. The number of ether oxygens (including phenoxy) is 2. The van der Waals surface area contributed by atoms with Crippen molar-refractivity contribution in [3.8, 4) is 5.75 Å². The van der Waals surface area contributed by atoms with Crippen LogP contribution < -0.4 is 10.5 Å². The third-order valence-corrected chi connectivity index (χ3v) is 2.83. The molecule has 0 aliphatic carbocycles. The van der Waals surface area contributed by atoms with Crippen molar-refractivity contribution in [2.45, 2.75) is 6.61 Å². The topological polar surface area (TPSA) is 61.5 Å². The lowest BCUT2D eigenvalue weighted by Crippen LogP contribution is -2.05. The van der Waals surface area contributed by atoms with E-state index < -0.39 is 17.6 Å². The van der Waals surface area contributed by atoms with Crippen LogP contribution in [0.25, 0.3) is 0 Å². The monoisotopic (exact) mass is 293 g/mol. The van der Waals surface area contributed by atoms with Crippen LogP contribution in [0.2, 0.25) is 0 Å². The first-order valence-electron chi connectivity index (χ1n) is 6.06. The standard InChI is InChI=1S/C15H13F2NO3/c1-20-15(19)9-2-3-10(12(17)6-9)8-21-14-7-11(16)4-5-13(14)18/h2-7H,8,18H2,1H3. The smallest absolute Gasteiger partial charge is 0.337 e. The molecule has 2 aromatic rings. The van der Waals surface area contributed by atoms with Gasteiger partial charge in [0.05, 0.1) is 18.4 Å². The number of hydrogen-bond acceptors (Lipinski definition) is 4. The van der Waals surface area contributed by atoms with Gasteiger partial charge in [0.1, 0.15) is 24.0 Å². The quantitative estimate of drug-likeness (QED) is 0.695. The van der Waals surface area contributed by atoms with E-state index in [-0.39, 0.29) is 29.2 Å². The second-order valence-electron chi connectivity index (χ2n) is 4.27. The second-order valence-corrected chi connectivity index (χ2v) is 4.27. The first-order chi connectivity index (χ1) is 10.0. The first-order valence-corrected chi connectivity index (χ1v) is 6.06. The Labute approximate surface area is 120 Å². The maximum Gasteiger partial charge on any atom is 0.337 e. The highest BCUT2D eigenvalue weighted by molar-refractivity contribution is 5.89. The zero-order valence-corrected chi connectivity index (χ0v) is 11.2. The number of nitrogens with two attached hydrogens (primary N) is 1. The number of hydrogen-bond donors (Lipinski definition) is 1. The molecule has 0 bridgehead atoms. The number of halogens is 2. The lowest BCUT2D eigenvalue weighted by Gasteiger charge is -2.10. The summed E-state index contributed by atoms with van der Waals surface area (Å²) in [7, 11) is 1.21. The average Bonchev–Trinajstić information content (AvgIpc) is 2.48. The van der Waals surface area contributed by atoms with E-state index in [1.807, 2.05) is 0 Å². The zero-order valence-electron chi connectivity index (χ0n) is 11.2. The van der Waals surface area contributed by atoms with Crippen LogP contribution in [-0.2, 0) is 11.3 Å². The highest BCUT2D eigenvalue weighted by Gasteiger charge is 2.11. The molecule has 110 valence electrons. The Morgan fingerprint density at radius 1 is 1.19 bits per heavy atom. The number of carbonyl (C=O) groups is 1. The van der Waals surface area contributed by atoms with E-state index in [1.54, 1.807) is 0 Å². The third-order valence-electron chi connectivity index (χ3n) is 2.83. The number of methoxy groups -OCH3 is 1. The molecule has 2 aromatic carbocycles. The van der Waals surface area contributed by atoms with Crippen LogP contribution in [0.4, 0.5) is 14.5 Å². The first kappa shape index (κ1) is 14.8. The molecule has 0 aliphatic rings. The maximum absolute atomic E-state index is 13.8. The van der Waals surface area contributed by atoms with E-state index in [4.69, 9.17) is 10.5 Å². The van der Waals surface area contributed by atoms with Gasteiger partial charge >= 0.3 is 5.97 Å². The van der Waals surface area contributed by atoms with Crippen molar-refractivity contribution in [2.75, 3.05) is 12.8 Å². The van der Waals surface area contributed by atoms with Gasteiger partial charge < -0.3 is 15.2 Å². The lowest BCUT2D eigenvalue weighted by atomic mass is 10.1. The molecular weight excluding hydrogens is 280 g/mol. The average molecular weight is 293 g/mol. The van der Waals surface area contributed by atoms with Crippen molar-refractivity contribution >= 4 is 11.7 Å². The van der Waals surface area contributed by atoms with Crippen molar-refractivity contribution in [1.82, 2.24) is 0 Å². The fourth-order valence-electron chi connectivity index (χ4n) is 1.70. The fraction of sp³-hybridized carbons (Fsp3) is 0.133. The SMILES string of the molecule is COC(=O)c1ccc(COc2cc(F)ccc2N)c(F)c1. The van der Waals surface area contributed by atoms with Gasteiger partial charge in [0.15, 0.2) is 0 Å². The molecule has 0 saturated heterocycles. The van der Waals surface area contributed by atoms with Crippen LogP contribution in [0.5, 0.6) is 5.75 Å². The van der Waals surface area contributed by atoms with Crippen LogP contribution in [0, 0.1) is 11.6 Å². The number of benzene rings is 2. The fourth-order valence-corrected chi connectivity index (χ4v) is 1.70. The minimum Gasteiger partial charge on any atom is -0.487 e. The number of carbonyl (C=O) groups excluding carboxylic acids is 1. The number of nitrogen functional groups attached to an aromatic ring is 1. The Morgan fingerprint density at radius 2 is 1.95 bits per heavy atom. The van der Waals surface area contributed by atoms with Gasteiger partial charge in [0.25, 0.3) is 0 Å². The number of esters is 1. The molecule has 0 radical (unpaired) electrons. The predicted molar refractivity (Wildman–Crippen MR) is 72.9 cm³/mol. The summed E-state index contributed by atoms with van der Waals surface area (Å²) in [5.74, 6) is -1.62. The van der Waals surface area contributed by atoms with Crippen molar-refractivity contribution in [2.24, 2.45) is 0 Å². The van der Waals surface area contributed by atoms with E-state index in [0.717, 1.165) is 12.1 Å². The molecule has 0 spiro atoms. The Balaban J connectivity index is 2.13. The largest absolute Gasteiger partial charge is 0.487 e. The minimum atomic E-state index is -0.629. The van der Waals surface area contributed by atoms with Gasteiger partial charge in [0, 0.05) is 11.6 Å². The van der Waals surface area contributed by atoms with Gasteiger partial charge in [-0.05, 0) is 24.3 Å². The molecule has 21 heavy (non-hydrogen) atoms.